The Labute approximate surface area is 150 Å². The third kappa shape index (κ3) is 2.63. The maximum absolute atomic E-state index is 12.4. The van der Waals surface area contributed by atoms with E-state index in [0.717, 1.165) is 27.2 Å². The molecule has 0 saturated carbocycles. The Bertz CT molecular complexity index is 819. The largest absolute Gasteiger partial charge is 0.480 e. The Hall–Kier alpha value is -2.86. The minimum atomic E-state index is -1.13. The molecular weight excluding hydrogens is 334 g/mol. The molecule has 1 saturated heterocycles. The maximum Gasteiger partial charge on any atom is 0.412 e. The van der Waals surface area contributed by atoms with Crippen molar-refractivity contribution in [2.24, 2.45) is 0 Å². The van der Waals surface area contributed by atoms with Gasteiger partial charge in [-0.15, -0.1) is 0 Å². The fourth-order valence-electron chi connectivity index (χ4n) is 3.95. The second kappa shape index (κ2) is 6.46. The minimum Gasteiger partial charge on any atom is -0.480 e. The van der Waals surface area contributed by atoms with Gasteiger partial charge < -0.3 is 14.9 Å². The third-order valence-electron chi connectivity index (χ3n) is 5.19. The summed E-state index contributed by atoms with van der Waals surface area (Å²) in [7, 11) is 0. The smallest absolute Gasteiger partial charge is 0.412 e. The van der Waals surface area contributed by atoms with E-state index >= 15 is 0 Å². The number of carboxylic acid groups (broad SMARTS) is 1. The molecule has 1 fully saturated rings. The summed E-state index contributed by atoms with van der Waals surface area (Å²) < 4.78 is 5.44. The lowest BCUT2D eigenvalue weighted by Crippen LogP contribution is -2.45. The van der Waals surface area contributed by atoms with E-state index in [1.807, 2.05) is 48.5 Å². The molecule has 6 nitrogen and oxygen atoms in total. The zero-order valence-corrected chi connectivity index (χ0v) is 14.0. The first-order chi connectivity index (χ1) is 12.6. The molecule has 1 aliphatic carbocycles. The van der Waals surface area contributed by atoms with Crippen molar-refractivity contribution in [3.05, 3.63) is 59.7 Å². The number of carbonyl (C=O) groups excluding carboxylic acids is 1. The summed E-state index contributed by atoms with van der Waals surface area (Å²) in [6.07, 6.45) is -1.45. The first kappa shape index (κ1) is 16.6. The second-order valence-corrected chi connectivity index (χ2v) is 6.62. The van der Waals surface area contributed by atoms with Crippen molar-refractivity contribution >= 4 is 12.1 Å². The van der Waals surface area contributed by atoms with Gasteiger partial charge in [0, 0.05) is 5.92 Å². The topological polar surface area (TPSA) is 87.1 Å². The summed E-state index contributed by atoms with van der Waals surface area (Å²) in [6.45, 7) is 0.0996. The van der Waals surface area contributed by atoms with Crippen molar-refractivity contribution in [2.75, 3.05) is 6.61 Å². The van der Waals surface area contributed by atoms with Crippen molar-refractivity contribution in [3.63, 3.8) is 0 Å². The van der Waals surface area contributed by atoms with Crippen LogP contribution < -0.4 is 0 Å². The Morgan fingerprint density at radius 1 is 1.00 bits per heavy atom. The number of likely N-dealkylation sites (tertiary alicyclic amines) is 1. The van der Waals surface area contributed by atoms with Gasteiger partial charge in [0.25, 0.3) is 0 Å². The highest BCUT2D eigenvalue weighted by Gasteiger charge is 2.41. The molecule has 2 N–H and O–H groups in total. The van der Waals surface area contributed by atoms with E-state index < -0.39 is 24.3 Å². The minimum absolute atomic E-state index is 0.0996. The van der Waals surface area contributed by atoms with Gasteiger partial charge in [0.05, 0.1) is 0 Å². The van der Waals surface area contributed by atoms with Crippen LogP contribution in [0.3, 0.4) is 0 Å². The first-order valence-electron chi connectivity index (χ1n) is 8.62. The van der Waals surface area contributed by atoms with Crippen LogP contribution >= 0.6 is 0 Å². The monoisotopic (exact) mass is 353 g/mol. The zero-order chi connectivity index (χ0) is 18.3. The van der Waals surface area contributed by atoms with Crippen LogP contribution in [0.2, 0.25) is 0 Å². The van der Waals surface area contributed by atoms with E-state index in [1.165, 1.54) is 0 Å². The van der Waals surface area contributed by atoms with Crippen LogP contribution in [0.1, 0.15) is 29.9 Å². The van der Waals surface area contributed by atoms with Gasteiger partial charge in [0.15, 0.2) is 0 Å². The Balaban J connectivity index is 1.55. The number of hydrogen-bond donors (Lipinski definition) is 2. The Kier molecular flexibility index (Phi) is 4.12. The number of nitrogens with zero attached hydrogens (tertiary/aromatic N) is 1. The number of aliphatic carboxylic acids is 1. The lowest BCUT2D eigenvalue weighted by molar-refractivity contribution is -0.143. The highest BCUT2D eigenvalue weighted by atomic mass is 16.6. The summed E-state index contributed by atoms with van der Waals surface area (Å²) in [4.78, 5) is 24.6. The first-order valence-corrected chi connectivity index (χ1v) is 8.62. The molecule has 1 aliphatic heterocycles. The summed E-state index contributed by atoms with van der Waals surface area (Å²) in [5.41, 5.74) is 4.40. The SMILES string of the molecule is O=C(O)[C@@H]1CCC(O)N1C(=O)OCC1c2ccccc2-c2ccccc21. The second-order valence-electron chi connectivity index (χ2n) is 6.62. The highest BCUT2D eigenvalue weighted by Crippen LogP contribution is 2.44. The normalized spacial score (nSPS) is 21.3. The molecule has 1 unspecified atom stereocenters. The van der Waals surface area contributed by atoms with Crippen LogP contribution in [0, 0.1) is 0 Å². The van der Waals surface area contributed by atoms with Gasteiger partial charge in [0.1, 0.15) is 18.9 Å². The Morgan fingerprint density at radius 3 is 2.15 bits per heavy atom. The molecule has 1 heterocycles. The van der Waals surface area contributed by atoms with Crippen molar-refractivity contribution in [1.29, 1.82) is 0 Å². The van der Waals surface area contributed by atoms with Crippen molar-refractivity contribution in [2.45, 2.75) is 31.0 Å². The van der Waals surface area contributed by atoms with Crippen molar-refractivity contribution in [1.82, 2.24) is 4.90 Å². The molecule has 2 aromatic rings. The highest BCUT2D eigenvalue weighted by molar-refractivity contribution is 5.81. The van der Waals surface area contributed by atoms with Gasteiger partial charge >= 0.3 is 12.1 Å². The average Bonchev–Trinajstić information content (AvgIpc) is 3.18. The number of carboxylic acids is 1. The summed E-state index contributed by atoms with van der Waals surface area (Å²) >= 11 is 0. The number of amides is 1. The molecule has 6 heteroatoms. The van der Waals surface area contributed by atoms with Crippen LogP contribution in [0.25, 0.3) is 11.1 Å². The fourth-order valence-corrected chi connectivity index (χ4v) is 3.95. The van der Waals surface area contributed by atoms with Gasteiger partial charge in [-0.3, -0.25) is 4.90 Å². The van der Waals surface area contributed by atoms with Gasteiger partial charge in [-0.1, -0.05) is 48.5 Å². The van der Waals surface area contributed by atoms with E-state index in [4.69, 9.17) is 4.74 Å². The zero-order valence-electron chi connectivity index (χ0n) is 14.0. The van der Waals surface area contributed by atoms with Crippen LogP contribution in [0.5, 0.6) is 0 Å². The lowest BCUT2D eigenvalue weighted by Gasteiger charge is -2.25. The van der Waals surface area contributed by atoms with Gasteiger partial charge in [-0.05, 0) is 35.1 Å². The lowest BCUT2D eigenvalue weighted by atomic mass is 9.98. The van der Waals surface area contributed by atoms with E-state index in [-0.39, 0.29) is 25.4 Å². The summed E-state index contributed by atoms with van der Waals surface area (Å²) in [6, 6.07) is 14.9. The summed E-state index contributed by atoms with van der Waals surface area (Å²) in [5, 5.41) is 19.2. The van der Waals surface area contributed by atoms with Gasteiger partial charge in [-0.2, -0.15) is 0 Å². The van der Waals surface area contributed by atoms with Crippen molar-refractivity contribution < 1.29 is 24.5 Å². The number of hydrogen-bond acceptors (Lipinski definition) is 4. The molecule has 0 bridgehead atoms. The predicted octanol–water partition coefficient (Wildman–Crippen LogP) is 2.80. The molecule has 2 aromatic carbocycles. The van der Waals surface area contributed by atoms with Gasteiger partial charge in [-0.25, -0.2) is 9.59 Å². The standard InChI is InChI=1S/C20H19NO5/c22-18-10-9-17(19(23)24)21(18)20(25)26-11-16-14-7-3-1-5-12(14)13-6-2-4-8-15(13)16/h1-8,16-18,22H,9-11H2,(H,23,24)/t17-,18?/m0/s1. The molecule has 26 heavy (non-hydrogen) atoms. The predicted molar refractivity (Wildman–Crippen MR) is 93.6 cm³/mol. The molecular formula is C20H19NO5. The van der Waals surface area contributed by atoms with Crippen molar-refractivity contribution in [3.8, 4) is 11.1 Å². The molecule has 2 atom stereocenters. The third-order valence-corrected chi connectivity index (χ3v) is 5.19. The molecule has 134 valence electrons. The average molecular weight is 353 g/mol. The van der Waals surface area contributed by atoms with E-state index in [1.54, 1.807) is 0 Å². The number of fused-ring (bicyclic) bond motifs is 3. The van der Waals surface area contributed by atoms with Crippen LogP contribution in [-0.2, 0) is 9.53 Å². The Morgan fingerprint density at radius 2 is 1.58 bits per heavy atom. The molecule has 0 spiro atoms. The number of aliphatic hydroxyl groups is 1. The van der Waals surface area contributed by atoms with E-state index in [0.29, 0.717) is 0 Å². The molecule has 1 amide bonds. The molecule has 2 aliphatic rings. The molecule has 0 aromatic heterocycles. The number of carbonyl (C=O) groups is 2. The number of rotatable bonds is 3. The summed E-state index contributed by atoms with van der Waals surface area (Å²) in [5.74, 6) is -1.23. The molecule has 4 rings (SSSR count). The molecule has 0 radical (unpaired) electrons. The van der Waals surface area contributed by atoms with Crippen LogP contribution in [0.4, 0.5) is 4.79 Å². The van der Waals surface area contributed by atoms with Crippen LogP contribution in [0.15, 0.2) is 48.5 Å². The maximum atomic E-state index is 12.4. The van der Waals surface area contributed by atoms with Crippen LogP contribution in [-0.4, -0.2) is 46.1 Å². The number of ether oxygens (including phenoxy) is 1. The van der Waals surface area contributed by atoms with Gasteiger partial charge in [0.2, 0.25) is 0 Å². The fraction of sp³-hybridized carbons (Fsp3) is 0.300. The quantitative estimate of drug-likeness (QED) is 0.886. The number of benzene rings is 2. The van der Waals surface area contributed by atoms with E-state index in [9.17, 15) is 19.8 Å². The van der Waals surface area contributed by atoms with E-state index in [2.05, 4.69) is 0 Å². The number of aliphatic hydroxyl groups excluding tert-OH is 1.